The predicted molar refractivity (Wildman–Crippen MR) is 127 cm³/mol. The van der Waals surface area contributed by atoms with Crippen LogP contribution in [-0.2, 0) is 4.84 Å². The first kappa shape index (κ1) is 19.9. The smallest absolute Gasteiger partial charge is 0.227 e. The van der Waals surface area contributed by atoms with Crippen LogP contribution >= 0.6 is 0 Å². The van der Waals surface area contributed by atoms with Gasteiger partial charge in [0.1, 0.15) is 5.75 Å². The van der Waals surface area contributed by atoms with Gasteiger partial charge in [0.15, 0.2) is 5.84 Å². The third-order valence-electron chi connectivity index (χ3n) is 5.67. The lowest BCUT2D eigenvalue weighted by Gasteiger charge is -2.21. The average Bonchev–Trinajstić information content (AvgIpc) is 3.42. The average molecular weight is 425 g/mol. The SMILES string of the molecule is COc1cc(/C=C/C2=NOC(c3cccc4ccccc34)N2C)ccc1-n1cnc(C)c1. The molecule has 5 rings (SSSR count). The molecule has 6 heteroatoms. The zero-order chi connectivity index (χ0) is 22.1. The summed E-state index contributed by atoms with van der Waals surface area (Å²) in [6.07, 6.45) is 7.47. The Labute approximate surface area is 187 Å². The van der Waals surface area contributed by atoms with Gasteiger partial charge in [0.25, 0.3) is 0 Å². The molecule has 4 aromatic rings. The minimum Gasteiger partial charge on any atom is -0.495 e. The van der Waals surface area contributed by atoms with E-state index in [0.29, 0.717) is 0 Å². The number of aromatic nitrogens is 2. The Morgan fingerprint density at radius 1 is 1.03 bits per heavy atom. The molecule has 0 saturated carbocycles. The molecule has 0 saturated heterocycles. The molecule has 1 aliphatic heterocycles. The van der Waals surface area contributed by atoms with Crippen molar-refractivity contribution in [2.24, 2.45) is 5.16 Å². The number of nitrogens with zero attached hydrogens (tertiary/aromatic N) is 4. The highest BCUT2D eigenvalue weighted by molar-refractivity contribution is 5.97. The van der Waals surface area contributed by atoms with Crippen LogP contribution < -0.4 is 4.74 Å². The predicted octanol–water partition coefficient (Wildman–Crippen LogP) is 5.33. The molecule has 1 aromatic heterocycles. The van der Waals surface area contributed by atoms with Crippen LogP contribution in [0.2, 0.25) is 0 Å². The van der Waals surface area contributed by atoms with Crippen molar-refractivity contribution in [3.63, 3.8) is 0 Å². The van der Waals surface area contributed by atoms with Gasteiger partial charge in [0.2, 0.25) is 6.23 Å². The molecule has 0 spiro atoms. The van der Waals surface area contributed by atoms with E-state index in [1.165, 1.54) is 10.8 Å². The number of fused-ring (bicyclic) bond motifs is 1. The Morgan fingerprint density at radius 2 is 1.88 bits per heavy atom. The van der Waals surface area contributed by atoms with Crippen molar-refractivity contribution in [2.45, 2.75) is 13.2 Å². The van der Waals surface area contributed by atoms with E-state index in [2.05, 4.69) is 40.5 Å². The lowest BCUT2D eigenvalue weighted by Crippen LogP contribution is -2.24. The number of oxime groups is 1. The first-order valence-electron chi connectivity index (χ1n) is 10.5. The fourth-order valence-corrected chi connectivity index (χ4v) is 3.97. The molecule has 32 heavy (non-hydrogen) atoms. The Morgan fingerprint density at radius 3 is 2.69 bits per heavy atom. The number of rotatable bonds is 5. The summed E-state index contributed by atoms with van der Waals surface area (Å²) in [6, 6.07) is 20.6. The highest BCUT2D eigenvalue weighted by Crippen LogP contribution is 2.32. The minimum absolute atomic E-state index is 0.262. The molecule has 1 unspecified atom stereocenters. The number of aryl methyl sites for hydroxylation is 1. The van der Waals surface area contributed by atoms with E-state index in [1.54, 1.807) is 13.4 Å². The summed E-state index contributed by atoms with van der Waals surface area (Å²) in [5.41, 5.74) is 4.01. The number of amidine groups is 1. The Bertz CT molecular complexity index is 1330. The maximum Gasteiger partial charge on any atom is 0.227 e. The third kappa shape index (κ3) is 3.60. The monoisotopic (exact) mass is 424 g/mol. The van der Waals surface area contributed by atoms with Crippen LogP contribution in [0.15, 0.2) is 84.4 Å². The highest BCUT2D eigenvalue weighted by Gasteiger charge is 2.28. The van der Waals surface area contributed by atoms with Gasteiger partial charge in [0.05, 0.1) is 24.8 Å². The molecule has 3 aromatic carbocycles. The lowest BCUT2D eigenvalue weighted by atomic mass is 10.0. The molecule has 6 nitrogen and oxygen atoms in total. The van der Waals surface area contributed by atoms with Gasteiger partial charge in [-0.05, 0) is 41.5 Å². The van der Waals surface area contributed by atoms with Gasteiger partial charge in [-0.2, -0.15) is 0 Å². The maximum atomic E-state index is 5.81. The summed E-state index contributed by atoms with van der Waals surface area (Å²) in [7, 11) is 3.67. The fraction of sp³-hybridized carbons (Fsp3) is 0.154. The largest absolute Gasteiger partial charge is 0.495 e. The molecule has 160 valence electrons. The Kier molecular flexibility index (Phi) is 5.11. The van der Waals surface area contributed by atoms with Gasteiger partial charge in [0, 0.05) is 18.8 Å². The second-order valence-corrected chi connectivity index (χ2v) is 7.77. The number of ether oxygens (including phenoxy) is 1. The molecule has 0 fully saturated rings. The van der Waals surface area contributed by atoms with Gasteiger partial charge in [-0.25, -0.2) is 4.98 Å². The van der Waals surface area contributed by atoms with Crippen molar-refractivity contribution >= 4 is 22.7 Å². The molecule has 0 N–H and O–H groups in total. The molecule has 1 aliphatic rings. The topological polar surface area (TPSA) is 51.9 Å². The molecule has 1 atom stereocenters. The fourth-order valence-electron chi connectivity index (χ4n) is 3.97. The van der Waals surface area contributed by atoms with Crippen molar-refractivity contribution < 1.29 is 9.57 Å². The van der Waals surface area contributed by atoms with Gasteiger partial charge >= 0.3 is 0 Å². The summed E-state index contributed by atoms with van der Waals surface area (Å²) in [4.78, 5) is 12.1. The summed E-state index contributed by atoms with van der Waals surface area (Å²) < 4.78 is 7.57. The first-order chi connectivity index (χ1) is 15.6. The number of hydrogen-bond acceptors (Lipinski definition) is 5. The first-order valence-corrected chi connectivity index (χ1v) is 10.5. The molecule has 0 amide bonds. The summed E-state index contributed by atoms with van der Waals surface area (Å²) in [5.74, 6) is 1.53. The third-order valence-corrected chi connectivity index (χ3v) is 5.67. The maximum absolute atomic E-state index is 5.81. The number of imidazole rings is 1. The van der Waals surface area contributed by atoms with Crippen molar-refractivity contribution in [3.05, 3.63) is 96.1 Å². The number of methoxy groups -OCH3 is 1. The Balaban J connectivity index is 1.37. The van der Waals surface area contributed by atoms with Gasteiger partial charge in [-0.3, -0.25) is 0 Å². The van der Waals surface area contributed by atoms with Crippen molar-refractivity contribution in [3.8, 4) is 11.4 Å². The van der Waals surface area contributed by atoms with Crippen molar-refractivity contribution in [1.82, 2.24) is 14.5 Å². The van der Waals surface area contributed by atoms with E-state index >= 15 is 0 Å². The molecular formula is C26H24N4O2. The van der Waals surface area contributed by atoms with Crippen molar-refractivity contribution in [1.29, 1.82) is 0 Å². The highest BCUT2D eigenvalue weighted by atomic mass is 16.7. The zero-order valence-corrected chi connectivity index (χ0v) is 18.3. The van der Waals surface area contributed by atoms with E-state index < -0.39 is 0 Å². The van der Waals surface area contributed by atoms with Gasteiger partial charge in [-0.15, -0.1) is 0 Å². The normalized spacial score (nSPS) is 15.9. The van der Waals surface area contributed by atoms with Crippen LogP contribution in [0, 0.1) is 6.92 Å². The van der Waals surface area contributed by atoms with E-state index in [-0.39, 0.29) is 6.23 Å². The Hall–Kier alpha value is -4.06. The molecule has 0 bridgehead atoms. The zero-order valence-electron chi connectivity index (χ0n) is 18.3. The van der Waals surface area contributed by atoms with Crippen LogP contribution in [0.25, 0.3) is 22.5 Å². The molecule has 0 radical (unpaired) electrons. The molecule has 0 aliphatic carbocycles. The second-order valence-electron chi connectivity index (χ2n) is 7.77. The van der Waals surface area contributed by atoms with Crippen LogP contribution in [0.3, 0.4) is 0 Å². The second kappa shape index (κ2) is 8.23. The van der Waals surface area contributed by atoms with Gasteiger partial charge < -0.3 is 19.0 Å². The van der Waals surface area contributed by atoms with Crippen LogP contribution in [-0.4, -0.2) is 34.4 Å². The van der Waals surface area contributed by atoms with Gasteiger partial charge in [-0.1, -0.05) is 59.8 Å². The van der Waals surface area contributed by atoms with Crippen LogP contribution in [0.4, 0.5) is 0 Å². The lowest BCUT2D eigenvalue weighted by molar-refractivity contribution is 0.0202. The van der Waals surface area contributed by atoms with E-state index in [4.69, 9.17) is 9.57 Å². The molecule has 2 heterocycles. The summed E-state index contributed by atoms with van der Waals surface area (Å²) >= 11 is 0. The van der Waals surface area contributed by atoms with Crippen LogP contribution in [0.5, 0.6) is 5.75 Å². The van der Waals surface area contributed by atoms with Crippen molar-refractivity contribution in [2.75, 3.05) is 14.2 Å². The summed E-state index contributed by atoms with van der Waals surface area (Å²) in [6.45, 7) is 1.96. The standard InChI is InChI=1S/C26H24N4O2/c1-18-16-30(17-27-18)23-13-11-19(15-24(23)31-3)12-14-25-28-32-26(29(25)2)22-10-6-8-20-7-4-5-9-21(20)22/h4-17,26H,1-3H3/b14-12+. The van der Waals surface area contributed by atoms with E-state index in [9.17, 15) is 0 Å². The number of likely N-dealkylation sites (N-methyl/N-ethyl adjacent to an activating group) is 1. The molecular weight excluding hydrogens is 400 g/mol. The number of hydrogen-bond donors (Lipinski definition) is 0. The summed E-state index contributed by atoms with van der Waals surface area (Å²) in [5, 5.41) is 6.67. The number of benzene rings is 3. The quantitative estimate of drug-likeness (QED) is 0.435. The van der Waals surface area contributed by atoms with E-state index in [0.717, 1.165) is 34.1 Å². The van der Waals surface area contributed by atoms with E-state index in [1.807, 2.05) is 72.1 Å². The van der Waals surface area contributed by atoms with Crippen LogP contribution in [0.1, 0.15) is 23.0 Å². The minimum atomic E-state index is -0.262.